The second-order valence-electron chi connectivity index (χ2n) is 38.5. The Labute approximate surface area is 853 Å². The number of rotatable bonds is 17. The summed E-state index contributed by atoms with van der Waals surface area (Å²) in [6, 6.07) is 198. The summed E-state index contributed by atoms with van der Waals surface area (Å²) in [5.74, 6) is 0. The smallest absolute Gasteiger partial charge is 0.143 e. The van der Waals surface area contributed by atoms with Crippen LogP contribution in [0.15, 0.2) is 565 Å². The molecule has 1 aliphatic rings. The minimum atomic E-state index is -0.119. The Bertz CT molecular complexity index is 9530. The fraction of sp³-hybridized carbons (Fsp3) is 0.0213. The summed E-state index contributed by atoms with van der Waals surface area (Å²) < 4.78 is 19.9. The van der Waals surface area contributed by atoms with Crippen LogP contribution in [0.4, 0.5) is 51.2 Å². The van der Waals surface area contributed by atoms with Gasteiger partial charge in [0.05, 0.1) is 5.69 Å². The molecule has 6 heteroatoms. The molecule has 0 unspecified atom stereocenters. The number of nitrogens with zero attached hydrogens (tertiary/aromatic N) is 3. The van der Waals surface area contributed by atoms with Gasteiger partial charge < -0.3 is 28.0 Å². The van der Waals surface area contributed by atoms with Crippen LogP contribution in [0.25, 0.3) is 198 Å². The van der Waals surface area contributed by atoms with E-state index in [2.05, 4.69) is 562 Å². The van der Waals surface area contributed by atoms with Gasteiger partial charge in [-0.25, -0.2) is 0 Å². The molecule has 0 saturated carbocycles. The van der Waals surface area contributed by atoms with Crippen molar-refractivity contribution in [3.63, 3.8) is 0 Å². The molecule has 0 saturated heterocycles. The Hall–Kier alpha value is -19.1. The Kier molecular flexibility index (Phi) is 22.6. The number of benzene rings is 24. The first-order valence-electron chi connectivity index (χ1n) is 50.4. The van der Waals surface area contributed by atoms with Gasteiger partial charge in [0.15, 0.2) is 0 Å². The predicted molar refractivity (Wildman–Crippen MR) is 619 cm³/mol. The SMILES string of the molecule is CC1(C)c2ccccc2-c2ccc(N(c3ccc(-c4ccccc4)cc3)c3cc(-c4ccc5ccccc5c4)c4oc5ccccc5c4c3)cc21.c1ccc(-c2ccc(N(c3cc(-c4ccc5ccccc5c4)c4oc5ccccc5c4c3)c3ccccc3-c3ccccc3)cc2)cc1.c1ccc(-c2ccc(N(c3ccc(-c4ccccc4)cc3)c3cc(-c4ccc5ccccc5c4)c4oc5ccccc5c4c3)cc2)cc1. The van der Waals surface area contributed by atoms with Crippen LogP contribution in [0.5, 0.6) is 0 Å². The number of hydrogen-bond donors (Lipinski definition) is 0. The Morgan fingerprint density at radius 2 is 0.415 bits per heavy atom. The zero-order valence-corrected chi connectivity index (χ0v) is 81.1. The van der Waals surface area contributed by atoms with Gasteiger partial charge in [0.2, 0.25) is 0 Å². The van der Waals surface area contributed by atoms with Gasteiger partial charge >= 0.3 is 0 Å². The molecule has 0 radical (unpaired) electrons. The van der Waals surface area contributed by atoms with Crippen LogP contribution >= 0.6 is 0 Å². The highest BCUT2D eigenvalue weighted by atomic mass is 16.3. The molecular weight excluding hydrogens is 1780 g/mol. The molecule has 694 valence electrons. The summed E-state index contributed by atoms with van der Waals surface area (Å²) in [7, 11) is 0. The third kappa shape index (κ3) is 16.6. The zero-order valence-electron chi connectivity index (χ0n) is 81.1. The maximum absolute atomic E-state index is 6.67. The topological polar surface area (TPSA) is 49.1 Å². The van der Waals surface area contributed by atoms with Crippen molar-refractivity contribution >= 4 is 149 Å². The van der Waals surface area contributed by atoms with Gasteiger partial charge in [0, 0.05) is 105 Å². The second-order valence-corrected chi connectivity index (χ2v) is 38.5. The van der Waals surface area contributed by atoms with Crippen molar-refractivity contribution in [1.29, 1.82) is 0 Å². The van der Waals surface area contributed by atoms with Crippen molar-refractivity contribution in [1.82, 2.24) is 0 Å². The highest BCUT2D eigenvalue weighted by Crippen LogP contribution is 2.54. The van der Waals surface area contributed by atoms with Crippen molar-refractivity contribution in [2.75, 3.05) is 14.7 Å². The lowest BCUT2D eigenvalue weighted by Gasteiger charge is -2.29. The van der Waals surface area contributed by atoms with Gasteiger partial charge in [0.25, 0.3) is 0 Å². The molecule has 0 aliphatic heterocycles. The van der Waals surface area contributed by atoms with Gasteiger partial charge in [-0.3, -0.25) is 0 Å². The lowest BCUT2D eigenvalue weighted by atomic mass is 9.82. The molecule has 27 aromatic rings. The number of anilines is 9. The fourth-order valence-electron chi connectivity index (χ4n) is 22.0. The average Bonchev–Trinajstić information content (AvgIpc) is 1.54. The standard InChI is InChI=1S/C49H35NO.2C46H31NO/c1-49(2)45-18-10-8-16-40(45)41-27-26-38(31-46(41)49)50(37-24-22-34(23-25-37)32-12-4-3-5-13-32)39-29-43(36-21-20-33-14-6-7-15-35(33)28-36)48-44(30-39)42-17-9-11-19-47(42)51-48;1-3-13-32(14-4-1)34-25-27-38(28-26-34)47(44-21-11-9-19-40(44)35-16-5-2-6-17-35)39-30-42(37-24-23-33-15-7-8-18-36(33)29-37)46-43(31-39)41-20-10-12-22-45(41)48-46;1-3-11-32(12-4-1)35-21-25-39(26-22-35)47(40-27-23-36(24-28-40)33-13-5-2-6-14-33)41-30-43(38-20-19-34-15-7-8-16-37(34)29-38)46-44(31-41)42-17-9-10-18-45(42)48-46/h3-31H,1-2H3;2*1-31H. The summed E-state index contributed by atoms with van der Waals surface area (Å²) in [5, 5.41) is 13.9. The van der Waals surface area contributed by atoms with Crippen LogP contribution in [0.1, 0.15) is 25.0 Å². The molecule has 24 aromatic carbocycles. The Balaban J connectivity index is 0.000000112. The quantitative estimate of drug-likeness (QED) is 0.0905. The van der Waals surface area contributed by atoms with Gasteiger partial charge in [0.1, 0.15) is 33.5 Å². The van der Waals surface area contributed by atoms with Gasteiger partial charge in [-0.05, 0) is 261 Å². The van der Waals surface area contributed by atoms with E-state index < -0.39 is 0 Å². The van der Waals surface area contributed by atoms with Crippen LogP contribution in [-0.4, -0.2) is 0 Å². The van der Waals surface area contributed by atoms with E-state index in [1.165, 1.54) is 105 Å². The Morgan fingerprint density at radius 3 is 0.789 bits per heavy atom. The molecule has 3 heterocycles. The zero-order chi connectivity index (χ0) is 97.8. The number of para-hydroxylation sites is 4. The van der Waals surface area contributed by atoms with Gasteiger partial charge in [-0.2, -0.15) is 0 Å². The van der Waals surface area contributed by atoms with Crippen LogP contribution in [0.3, 0.4) is 0 Å². The molecule has 147 heavy (non-hydrogen) atoms. The van der Waals surface area contributed by atoms with E-state index in [-0.39, 0.29) is 5.41 Å². The van der Waals surface area contributed by atoms with Crippen molar-refractivity contribution in [2.24, 2.45) is 0 Å². The maximum atomic E-state index is 6.67. The minimum absolute atomic E-state index is 0.119. The summed E-state index contributed by atoms with van der Waals surface area (Å²) in [6.45, 7) is 4.70. The summed E-state index contributed by atoms with van der Waals surface area (Å²) in [5.41, 5.74) is 38.8. The van der Waals surface area contributed by atoms with Crippen LogP contribution in [-0.2, 0) is 5.41 Å². The third-order valence-corrected chi connectivity index (χ3v) is 29.3. The monoisotopic (exact) mass is 1880 g/mol. The van der Waals surface area contributed by atoms with Crippen molar-refractivity contribution in [3.05, 3.63) is 563 Å². The van der Waals surface area contributed by atoms with E-state index in [1.54, 1.807) is 0 Å². The number of hydrogen-bond acceptors (Lipinski definition) is 6. The largest absolute Gasteiger partial charge is 0.455 e. The normalized spacial score (nSPS) is 11.9. The third-order valence-electron chi connectivity index (χ3n) is 29.3. The van der Waals surface area contributed by atoms with E-state index in [0.29, 0.717) is 0 Å². The number of fused-ring (bicyclic) bond motifs is 15. The van der Waals surface area contributed by atoms with E-state index in [9.17, 15) is 0 Å². The minimum Gasteiger partial charge on any atom is -0.455 e. The Morgan fingerprint density at radius 1 is 0.150 bits per heavy atom. The second kappa shape index (κ2) is 37.7. The van der Waals surface area contributed by atoms with Crippen LogP contribution in [0, 0.1) is 0 Å². The molecule has 1 aliphatic carbocycles. The van der Waals surface area contributed by atoms with Gasteiger partial charge in [-0.1, -0.05) is 426 Å². The van der Waals surface area contributed by atoms with E-state index in [0.717, 1.165) is 156 Å². The van der Waals surface area contributed by atoms with Crippen molar-refractivity contribution in [2.45, 2.75) is 19.3 Å². The molecule has 6 nitrogen and oxygen atoms in total. The summed E-state index contributed by atoms with van der Waals surface area (Å²) in [4.78, 5) is 7.16. The van der Waals surface area contributed by atoms with Crippen LogP contribution in [0.2, 0.25) is 0 Å². The molecule has 0 amide bonds. The molecule has 3 aromatic heterocycles. The first kappa shape index (κ1) is 88.1. The highest BCUT2D eigenvalue weighted by Gasteiger charge is 2.37. The van der Waals surface area contributed by atoms with Crippen molar-refractivity contribution < 1.29 is 13.3 Å². The van der Waals surface area contributed by atoms with E-state index >= 15 is 0 Å². The molecule has 0 atom stereocenters. The van der Waals surface area contributed by atoms with E-state index in [4.69, 9.17) is 13.3 Å². The fourth-order valence-corrected chi connectivity index (χ4v) is 22.0. The summed E-state index contributed by atoms with van der Waals surface area (Å²) in [6.07, 6.45) is 0. The highest BCUT2D eigenvalue weighted by molar-refractivity contribution is 6.16. The van der Waals surface area contributed by atoms with Crippen LogP contribution < -0.4 is 14.7 Å². The molecule has 0 fully saturated rings. The average molecular weight is 1880 g/mol. The molecular formula is C141H97N3O3. The maximum Gasteiger partial charge on any atom is 0.143 e. The molecule has 0 spiro atoms. The molecule has 28 rings (SSSR count). The molecule has 0 N–H and O–H groups in total. The summed E-state index contributed by atoms with van der Waals surface area (Å²) >= 11 is 0. The predicted octanol–water partition coefficient (Wildman–Crippen LogP) is 40.3. The first-order valence-corrected chi connectivity index (χ1v) is 50.4. The van der Waals surface area contributed by atoms with Crippen molar-refractivity contribution in [3.8, 4) is 100 Å². The molecule has 0 bridgehead atoms. The lowest BCUT2D eigenvalue weighted by Crippen LogP contribution is -2.16. The number of furan rings is 3. The van der Waals surface area contributed by atoms with E-state index in [1.807, 2.05) is 18.2 Å². The van der Waals surface area contributed by atoms with Gasteiger partial charge in [-0.15, -0.1) is 0 Å². The lowest BCUT2D eigenvalue weighted by molar-refractivity contribution is 0.660. The first-order chi connectivity index (χ1) is 72.6.